The normalized spacial score (nSPS) is 14.2. The summed E-state index contributed by atoms with van der Waals surface area (Å²) in [5, 5.41) is 11.9. The molecule has 0 atom stereocenters. The number of fused-ring (bicyclic) bond motifs is 2. The van der Waals surface area contributed by atoms with Crippen LogP contribution in [0.5, 0.6) is 0 Å². The number of rotatable bonds is 9. The van der Waals surface area contributed by atoms with E-state index < -0.39 is 0 Å². The summed E-state index contributed by atoms with van der Waals surface area (Å²) in [4.78, 5) is 26.5. The van der Waals surface area contributed by atoms with E-state index >= 15 is 0 Å². The number of anilines is 1. The van der Waals surface area contributed by atoms with Gasteiger partial charge >= 0.3 is 0 Å². The second-order valence-corrected chi connectivity index (χ2v) is 11.7. The molecule has 7 rings (SSSR count). The van der Waals surface area contributed by atoms with Crippen molar-refractivity contribution in [1.29, 1.82) is 0 Å². The summed E-state index contributed by atoms with van der Waals surface area (Å²) in [6.07, 6.45) is 11.1. The van der Waals surface area contributed by atoms with Gasteiger partial charge in [-0.1, -0.05) is 6.42 Å². The quantitative estimate of drug-likeness (QED) is 0.196. The van der Waals surface area contributed by atoms with Gasteiger partial charge in [0.15, 0.2) is 11.5 Å². The number of benzene rings is 1. The fourth-order valence-electron chi connectivity index (χ4n) is 5.88. The van der Waals surface area contributed by atoms with Crippen LogP contribution in [0.1, 0.15) is 24.8 Å². The molecule has 0 radical (unpaired) electrons. The maximum absolute atomic E-state index is 14.7. The van der Waals surface area contributed by atoms with Crippen LogP contribution in [0.25, 0.3) is 56.0 Å². The van der Waals surface area contributed by atoms with Crippen LogP contribution in [0.3, 0.4) is 0 Å². The Balaban J connectivity index is 1.21. The van der Waals surface area contributed by atoms with Crippen molar-refractivity contribution in [2.45, 2.75) is 25.8 Å². The van der Waals surface area contributed by atoms with Crippen molar-refractivity contribution in [1.82, 2.24) is 44.9 Å². The van der Waals surface area contributed by atoms with Crippen molar-refractivity contribution >= 4 is 27.8 Å². The molecule has 11 heteroatoms. The van der Waals surface area contributed by atoms with Crippen LogP contribution in [-0.4, -0.2) is 85.2 Å². The Bertz CT molecular complexity index is 1920. The lowest BCUT2D eigenvalue weighted by molar-refractivity contribution is 0.220. The minimum absolute atomic E-state index is 0.313. The molecule has 1 fully saturated rings. The van der Waals surface area contributed by atoms with Gasteiger partial charge in [0.05, 0.1) is 22.9 Å². The first kappa shape index (κ1) is 28.1. The number of hydrogen-bond donors (Lipinski definition) is 3. The molecule has 0 bridgehead atoms. The minimum atomic E-state index is -0.313. The molecule has 44 heavy (non-hydrogen) atoms. The number of likely N-dealkylation sites (tertiary alicyclic amines) is 1. The summed E-state index contributed by atoms with van der Waals surface area (Å²) in [6.45, 7) is 4.71. The highest BCUT2D eigenvalue weighted by molar-refractivity contribution is 5.97. The van der Waals surface area contributed by atoms with Gasteiger partial charge in [0.1, 0.15) is 11.5 Å². The number of aromatic nitrogens is 7. The van der Waals surface area contributed by atoms with E-state index in [0.717, 1.165) is 65.2 Å². The van der Waals surface area contributed by atoms with Gasteiger partial charge in [0, 0.05) is 60.4 Å². The van der Waals surface area contributed by atoms with Crippen LogP contribution >= 0.6 is 0 Å². The molecule has 0 saturated carbocycles. The highest BCUT2D eigenvalue weighted by atomic mass is 19.1. The Morgan fingerprint density at radius 1 is 0.977 bits per heavy atom. The van der Waals surface area contributed by atoms with E-state index in [2.05, 4.69) is 46.3 Å². The van der Waals surface area contributed by atoms with Gasteiger partial charge in [-0.2, -0.15) is 5.10 Å². The number of hydrogen-bond acceptors (Lipinski definition) is 8. The lowest BCUT2D eigenvalue weighted by atomic mass is 10.0. The Labute approximate surface area is 254 Å². The summed E-state index contributed by atoms with van der Waals surface area (Å²) in [5.74, 6) is 0.258. The maximum atomic E-state index is 14.7. The molecule has 1 aliphatic rings. The molecule has 3 N–H and O–H groups in total. The van der Waals surface area contributed by atoms with Gasteiger partial charge in [-0.3, -0.25) is 20.0 Å². The monoisotopic (exact) mass is 590 g/mol. The minimum Gasteiger partial charge on any atom is -0.384 e. The molecule has 6 aromatic rings. The first-order valence-corrected chi connectivity index (χ1v) is 15.1. The standard InChI is InChI=1S/C33H35FN10/c1-43(2)11-8-36-25-14-22(13-24(34)15-25)26-6-7-37-32-30(26)39-33(40-32)31-27-16-28(38-19-29(27)41-42-31)23-12-21(17-35-18-23)20-44-9-4-3-5-10-44/h6-7,12-19,36H,3-5,8-11,20H2,1-2H3,(H,41,42)(H,37,39,40). The van der Waals surface area contributed by atoms with Gasteiger partial charge in [-0.05, 0) is 87.6 Å². The van der Waals surface area contributed by atoms with Crippen LogP contribution in [0, 0.1) is 5.82 Å². The predicted molar refractivity (Wildman–Crippen MR) is 172 cm³/mol. The number of pyridine rings is 3. The van der Waals surface area contributed by atoms with E-state index in [4.69, 9.17) is 9.97 Å². The molecule has 0 aliphatic carbocycles. The van der Waals surface area contributed by atoms with Crippen molar-refractivity contribution in [3.05, 3.63) is 72.6 Å². The van der Waals surface area contributed by atoms with E-state index in [9.17, 15) is 4.39 Å². The third-order valence-corrected chi connectivity index (χ3v) is 8.11. The summed E-state index contributed by atoms with van der Waals surface area (Å²) in [5.41, 5.74) is 7.93. The van der Waals surface area contributed by atoms with E-state index in [-0.39, 0.29) is 5.82 Å². The van der Waals surface area contributed by atoms with E-state index in [1.807, 2.05) is 44.7 Å². The lowest BCUT2D eigenvalue weighted by Gasteiger charge is -2.26. The summed E-state index contributed by atoms with van der Waals surface area (Å²) < 4.78 is 14.7. The van der Waals surface area contributed by atoms with Crippen molar-refractivity contribution in [2.24, 2.45) is 0 Å². The molecule has 5 aromatic heterocycles. The zero-order chi connectivity index (χ0) is 30.0. The molecule has 0 unspecified atom stereocenters. The number of piperidine rings is 1. The predicted octanol–water partition coefficient (Wildman–Crippen LogP) is 5.72. The van der Waals surface area contributed by atoms with Gasteiger partial charge in [-0.25, -0.2) is 14.4 Å². The smallest absolute Gasteiger partial charge is 0.178 e. The second-order valence-electron chi connectivity index (χ2n) is 11.7. The molecule has 224 valence electrons. The first-order chi connectivity index (χ1) is 21.5. The van der Waals surface area contributed by atoms with Crippen molar-refractivity contribution in [3.8, 4) is 33.9 Å². The van der Waals surface area contributed by atoms with Crippen LogP contribution in [0.4, 0.5) is 10.1 Å². The summed E-state index contributed by atoms with van der Waals surface area (Å²) >= 11 is 0. The second kappa shape index (κ2) is 12.1. The lowest BCUT2D eigenvalue weighted by Crippen LogP contribution is -2.29. The van der Waals surface area contributed by atoms with E-state index in [1.165, 1.54) is 37.0 Å². The fourth-order valence-corrected chi connectivity index (χ4v) is 5.88. The van der Waals surface area contributed by atoms with Crippen molar-refractivity contribution in [2.75, 3.05) is 45.6 Å². The summed E-state index contributed by atoms with van der Waals surface area (Å²) in [6, 6.07) is 11.1. The SMILES string of the molecule is CN(C)CCNc1cc(F)cc(-c2ccnc3nc(-c4n[nH]c5cnc(-c6cncc(CN7CCCCC7)c6)cc45)[nH]c23)c1. The largest absolute Gasteiger partial charge is 0.384 e. The van der Waals surface area contributed by atoms with Gasteiger partial charge in [0.2, 0.25) is 0 Å². The van der Waals surface area contributed by atoms with Crippen LogP contribution < -0.4 is 5.32 Å². The number of nitrogens with zero attached hydrogens (tertiary/aromatic N) is 7. The third-order valence-electron chi connectivity index (χ3n) is 8.11. The van der Waals surface area contributed by atoms with Gasteiger partial charge < -0.3 is 15.2 Å². The molecular formula is C33H35FN10. The van der Waals surface area contributed by atoms with E-state index in [1.54, 1.807) is 12.4 Å². The Hall–Kier alpha value is -4.74. The molecule has 0 amide bonds. The Kier molecular flexibility index (Phi) is 7.71. The number of nitrogens with one attached hydrogen (secondary N) is 3. The Morgan fingerprint density at radius 2 is 1.86 bits per heavy atom. The van der Waals surface area contributed by atoms with Gasteiger partial charge in [0.25, 0.3) is 0 Å². The molecule has 10 nitrogen and oxygen atoms in total. The molecule has 1 saturated heterocycles. The van der Waals surface area contributed by atoms with Crippen molar-refractivity contribution < 1.29 is 4.39 Å². The highest BCUT2D eigenvalue weighted by Crippen LogP contribution is 2.33. The van der Waals surface area contributed by atoms with E-state index in [0.29, 0.717) is 29.2 Å². The number of aromatic amines is 2. The van der Waals surface area contributed by atoms with Crippen LogP contribution in [0.15, 0.2) is 61.2 Å². The maximum Gasteiger partial charge on any atom is 0.178 e. The first-order valence-electron chi connectivity index (χ1n) is 15.1. The number of H-pyrrole nitrogens is 2. The van der Waals surface area contributed by atoms with Crippen molar-refractivity contribution in [3.63, 3.8) is 0 Å². The molecule has 6 heterocycles. The van der Waals surface area contributed by atoms with Crippen LogP contribution in [-0.2, 0) is 6.54 Å². The molecular weight excluding hydrogens is 555 g/mol. The molecule has 1 aliphatic heterocycles. The number of likely N-dealkylation sites (N-methyl/N-ethyl adjacent to an activating group) is 1. The zero-order valence-corrected chi connectivity index (χ0v) is 24.9. The van der Waals surface area contributed by atoms with Crippen LogP contribution in [0.2, 0.25) is 0 Å². The van der Waals surface area contributed by atoms with Gasteiger partial charge in [-0.15, -0.1) is 0 Å². The fraction of sp³-hybridized carbons (Fsp3) is 0.303. The number of halogens is 1. The highest BCUT2D eigenvalue weighted by Gasteiger charge is 2.18. The molecule has 1 aromatic carbocycles. The average Bonchev–Trinajstić information content (AvgIpc) is 3.65. The Morgan fingerprint density at radius 3 is 2.73 bits per heavy atom. The number of imidazole rings is 1. The molecule has 0 spiro atoms. The zero-order valence-electron chi connectivity index (χ0n) is 24.9. The summed E-state index contributed by atoms with van der Waals surface area (Å²) in [7, 11) is 4.02. The third kappa shape index (κ3) is 5.88. The average molecular weight is 591 g/mol. The topological polar surface area (TPSA) is 115 Å².